The number of nitrogens with zero attached hydrogens (tertiary/aromatic N) is 1. The Bertz CT molecular complexity index is 858. The van der Waals surface area contributed by atoms with Crippen LogP contribution in [0.5, 0.6) is 0 Å². The molecule has 1 aliphatic heterocycles. The van der Waals surface area contributed by atoms with Crippen LogP contribution in [0.25, 0.3) is 0 Å². The Morgan fingerprint density at radius 2 is 1.77 bits per heavy atom. The van der Waals surface area contributed by atoms with Crippen LogP contribution in [0.3, 0.4) is 0 Å². The van der Waals surface area contributed by atoms with E-state index in [4.69, 9.17) is 33.7 Å². The molecule has 0 aromatic heterocycles. The molecule has 2 amide bonds. The van der Waals surface area contributed by atoms with Crippen molar-refractivity contribution in [3.63, 3.8) is 0 Å². The normalized spacial score (nSPS) is 17.2. The van der Waals surface area contributed by atoms with Gasteiger partial charge >= 0.3 is 0 Å². The second kappa shape index (κ2) is 7.61. The Morgan fingerprint density at radius 3 is 2.42 bits per heavy atom. The van der Waals surface area contributed by atoms with E-state index in [1.54, 1.807) is 17.0 Å². The molecule has 136 valence electrons. The van der Waals surface area contributed by atoms with Crippen molar-refractivity contribution in [2.45, 2.75) is 6.10 Å². The number of primary amides is 1. The molecule has 0 spiro atoms. The quantitative estimate of drug-likeness (QED) is 0.807. The number of morpholine rings is 1. The van der Waals surface area contributed by atoms with Gasteiger partial charge < -0.3 is 15.4 Å². The smallest absolute Gasteiger partial charge is 0.254 e. The molecule has 5 nitrogen and oxygen atoms in total. The van der Waals surface area contributed by atoms with E-state index < -0.39 is 17.8 Å². The molecule has 2 aromatic rings. The standard InChI is InChI=1S/C18H15Cl2FN2O3/c19-13-8-14(20)15(21)7-12(13)16-9-23(5-6-26-16)18(25)11-3-1-10(2-4-11)17(22)24/h1-4,7-8,16H,5-6,9H2,(H2,22,24). The number of carbonyl (C=O) groups excluding carboxylic acids is 2. The Morgan fingerprint density at radius 1 is 1.12 bits per heavy atom. The summed E-state index contributed by atoms with van der Waals surface area (Å²) in [7, 11) is 0. The minimum Gasteiger partial charge on any atom is -0.370 e. The van der Waals surface area contributed by atoms with E-state index in [9.17, 15) is 14.0 Å². The summed E-state index contributed by atoms with van der Waals surface area (Å²) < 4.78 is 19.4. The summed E-state index contributed by atoms with van der Waals surface area (Å²) in [5.74, 6) is -1.38. The zero-order valence-electron chi connectivity index (χ0n) is 13.5. The number of hydrogen-bond donors (Lipinski definition) is 1. The zero-order chi connectivity index (χ0) is 18.8. The van der Waals surface area contributed by atoms with Gasteiger partial charge in [0, 0.05) is 28.3 Å². The molecular weight excluding hydrogens is 382 g/mol. The summed E-state index contributed by atoms with van der Waals surface area (Å²) in [6, 6.07) is 8.63. The first-order valence-corrected chi connectivity index (χ1v) is 8.57. The molecule has 2 aromatic carbocycles. The molecule has 3 rings (SSSR count). The van der Waals surface area contributed by atoms with E-state index in [2.05, 4.69) is 0 Å². The van der Waals surface area contributed by atoms with Crippen molar-refractivity contribution in [3.05, 3.63) is 69.0 Å². The van der Waals surface area contributed by atoms with Crippen molar-refractivity contribution in [1.29, 1.82) is 0 Å². The number of amides is 2. The summed E-state index contributed by atoms with van der Waals surface area (Å²) >= 11 is 11.9. The van der Waals surface area contributed by atoms with Gasteiger partial charge in [-0.05, 0) is 36.4 Å². The van der Waals surface area contributed by atoms with Crippen molar-refractivity contribution < 1.29 is 18.7 Å². The topological polar surface area (TPSA) is 72.6 Å². The molecule has 1 atom stereocenters. The predicted octanol–water partition coefficient (Wildman–Crippen LogP) is 3.45. The number of rotatable bonds is 3. The third kappa shape index (κ3) is 3.82. The van der Waals surface area contributed by atoms with Crippen LogP contribution >= 0.6 is 23.2 Å². The zero-order valence-corrected chi connectivity index (χ0v) is 15.1. The Kier molecular flexibility index (Phi) is 5.46. The molecule has 0 aliphatic carbocycles. The Balaban J connectivity index is 1.79. The van der Waals surface area contributed by atoms with Crippen LogP contribution in [0, 0.1) is 5.82 Å². The van der Waals surface area contributed by atoms with Crippen LogP contribution < -0.4 is 5.73 Å². The molecule has 0 saturated carbocycles. The number of benzene rings is 2. The van der Waals surface area contributed by atoms with Crippen molar-refractivity contribution in [3.8, 4) is 0 Å². The summed E-state index contributed by atoms with van der Waals surface area (Å²) in [5.41, 5.74) is 6.38. The van der Waals surface area contributed by atoms with Crippen molar-refractivity contribution in [2.24, 2.45) is 5.73 Å². The molecule has 26 heavy (non-hydrogen) atoms. The minimum atomic E-state index is -0.597. The van der Waals surface area contributed by atoms with E-state index in [0.29, 0.717) is 23.2 Å². The van der Waals surface area contributed by atoms with Gasteiger partial charge in [-0.1, -0.05) is 23.2 Å². The Hall–Kier alpha value is -2.15. The molecule has 0 bridgehead atoms. The maximum Gasteiger partial charge on any atom is 0.254 e. The second-order valence-corrected chi connectivity index (χ2v) is 6.65. The second-order valence-electron chi connectivity index (χ2n) is 5.84. The summed E-state index contributed by atoms with van der Waals surface area (Å²) in [5, 5.41) is 0.207. The summed E-state index contributed by atoms with van der Waals surface area (Å²) in [6.45, 7) is 0.897. The molecule has 1 heterocycles. The van der Waals surface area contributed by atoms with Crippen LogP contribution in [-0.4, -0.2) is 36.4 Å². The highest BCUT2D eigenvalue weighted by atomic mass is 35.5. The van der Waals surface area contributed by atoms with Crippen LogP contribution in [0.4, 0.5) is 4.39 Å². The van der Waals surface area contributed by atoms with Crippen molar-refractivity contribution in [1.82, 2.24) is 4.90 Å². The fraction of sp³-hybridized carbons (Fsp3) is 0.222. The fourth-order valence-electron chi connectivity index (χ4n) is 2.77. The average Bonchev–Trinajstić information content (AvgIpc) is 2.64. The van der Waals surface area contributed by atoms with Gasteiger partial charge in [0.2, 0.25) is 5.91 Å². The maximum atomic E-state index is 13.8. The first-order valence-electron chi connectivity index (χ1n) is 7.82. The van der Waals surface area contributed by atoms with Gasteiger partial charge in [0.25, 0.3) is 5.91 Å². The van der Waals surface area contributed by atoms with Gasteiger partial charge in [-0.3, -0.25) is 9.59 Å². The fourth-order valence-corrected chi connectivity index (χ4v) is 3.27. The van der Waals surface area contributed by atoms with Gasteiger partial charge in [0.1, 0.15) is 11.9 Å². The van der Waals surface area contributed by atoms with Crippen LogP contribution in [0.1, 0.15) is 32.4 Å². The monoisotopic (exact) mass is 396 g/mol. The van der Waals surface area contributed by atoms with Gasteiger partial charge in [-0.2, -0.15) is 0 Å². The Labute approximate surface area is 159 Å². The van der Waals surface area contributed by atoms with E-state index in [1.165, 1.54) is 24.3 Å². The van der Waals surface area contributed by atoms with Crippen LogP contribution in [0.2, 0.25) is 10.0 Å². The molecule has 1 fully saturated rings. The van der Waals surface area contributed by atoms with Gasteiger partial charge in [-0.25, -0.2) is 4.39 Å². The lowest BCUT2D eigenvalue weighted by molar-refractivity contribution is -0.0228. The van der Waals surface area contributed by atoms with Crippen molar-refractivity contribution >= 4 is 35.0 Å². The number of hydrogen-bond acceptors (Lipinski definition) is 3. The van der Waals surface area contributed by atoms with Gasteiger partial charge in [-0.15, -0.1) is 0 Å². The third-order valence-electron chi connectivity index (χ3n) is 4.16. The highest BCUT2D eigenvalue weighted by molar-refractivity contribution is 6.35. The highest BCUT2D eigenvalue weighted by Crippen LogP contribution is 2.32. The van der Waals surface area contributed by atoms with Crippen LogP contribution in [-0.2, 0) is 4.74 Å². The predicted molar refractivity (Wildman–Crippen MR) is 96.0 cm³/mol. The number of nitrogens with two attached hydrogens (primary N) is 1. The molecule has 2 N–H and O–H groups in total. The van der Waals surface area contributed by atoms with Gasteiger partial charge in [0.15, 0.2) is 0 Å². The summed E-state index contributed by atoms with van der Waals surface area (Å²) in [4.78, 5) is 25.4. The third-order valence-corrected chi connectivity index (χ3v) is 4.77. The van der Waals surface area contributed by atoms with E-state index in [0.717, 1.165) is 0 Å². The SMILES string of the molecule is NC(=O)c1ccc(C(=O)N2CCOC(c3cc(F)c(Cl)cc3Cl)C2)cc1. The number of halogens is 3. The molecule has 0 radical (unpaired) electrons. The molecule has 1 saturated heterocycles. The lowest BCUT2D eigenvalue weighted by Crippen LogP contribution is -2.42. The lowest BCUT2D eigenvalue weighted by Gasteiger charge is -2.33. The first kappa shape index (κ1) is 18.6. The molecule has 1 unspecified atom stereocenters. The lowest BCUT2D eigenvalue weighted by atomic mass is 10.1. The van der Waals surface area contributed by atoms with Crippen LogP contribution in [0.15, 0.2) is 36.4 Å². The number of ether oxygens (including phenoxy) is 1. The van der Waals surface area contributed by atoms with E-state index in [-0.39, 0.29) is 29.1 Å². The highest BCUT2D eigenvalue weighted by Gasteiger charge is 2.28. The largest absolute Gasteiger partial charge is 0.370 e. The van der Waals surface area contributed by atoms with E-state index >= 15 is 0 Å². The van der Waals surface area contributed by atoms with E-state index in [1.807, 2.05) is 0 Å². The minimum absolute atomic E-state index is 0.0722. The van der Waals surface area contributed by atoms with Gasteiger partial charge in [0.05, 0.1) is 18.2 Å². The maximum absolute atomic E-state index is 13.8. The molecule has 8 heteroatoms. The first-order chi connectivity index (χ1) is 12.4. The van der Waals surface area contributed by atoms with Crippen molar-refractivity contribution in [2.75, 3.05) is 19.7 Å². The summed E-state index contributed by atoms with van der Waals surface area (Å²) in [6.07, 6.45) is -0.558. The molecular formula is C18H15Cl2FN2O3. The number of carbonyl (C=O) groups is 2. The molecule has 1 aliphatic rings. The average molecular weight is 397 g/mol.